The molecule has 1 aliphatic heterocycles. The highest BCUT2D eigenvalue weighted by Crippen LogP contribution is 2.41. The van der Waals surface area contributed by atoms with E-state index < -0.39 is 23.6 Å². The first-order valence-electron chi connectivity index (χ1n) is 9.05. The van der Waals surface area contributed by atoms with Crippen LogP contribution >= 0.6 is 0 Å². The summed E-state index contributed by atoms with van der Waals surface area (Å²) < 4.78 is 0. The fourth-order valence-corrected chi connectivity index (χ4v) is 3.78. The van der Waals surface area contributed by atoms with Gasteiger partial charge in [-0.15, -0.1) is 0 Å². The molecule has 24 heavy (non-hydrogen) atoms. The highest BCUT2D eigenvalue weighted by Gasteiger charge is 2.43. The second-order valence-electron chi connectivity index (χ2n) is 7.21. The van der Waals surface area contributed by atoms with Gasteiger partial charge in [-0.25, -0.2) is 9.78 Å². The van der Waals surface area contributed by atoms with Crippen LogP contribution in [0.3, 0.4) is 0 Å². The van der Waals surface area contributed by atoms with Crippen molar-refractivity contribution in [3.63, 3.8) is 0 Å². The third kappa shape index (κ3) is 5.74. The van der Waals surface area contributed by atoms with Gasteiger partial charge in [-0.05, 0) is 43.9 Å². The van der Waals surface area contributed by atoms with Crippen molar-refractivity contribution in [2.45, 2.75) is 84.3 Å². The normalized spacial score (nSPS) is 29.8. The van der Waals surface area contributed by atoms with E-state index in [2.05, 4.69) is 6.92 Å². The van der Waals surface area contributed by atoms with E-state index in [1.54, 1.807) is 0 Å². The zero-order valence-electron chi connectivity index (χ0n) is 15.3. The molecule has 5 atom stereocenters. The van der Waals surface area contributed by atoms with Gasteiger partial charge in [-0.1, -0.05) is 34.1 Å². The van der Waals surface area contributed by atoms with Gasteiger partial charge in [0, 0.05) is 0 Å². The lowest BCUT2D eigenvalue weighted by Crippen LogP contribution is -2.46. The van der Waals surface area contributed by atoms with Crippen LogP contribution in [0.1, 0.15) is 72.6 Å². The summed E-state index contributed by atoms with van der Waals surface area (Å²) in [5.41, 5.74) is -0.452. The van der Waals surface area contributed by atoms with Gasteiger partial charge in [0.05, 0.1) is 12.3 Å². The smallest absolute Gasteiger partial charge is 0.306 e. The van der Waals surface area contributed by atoms with Crippen molar-refractivity contribution in [2.75, 3.05) is 0 Å². The molecular formula is C18H32O6. The third-order valence-electron chi connectivity index (χ3n) is 5.30. The molecule has 1 aliphatic rings. The Morgan fingerprint density at radius 3 is 2.38 bits per heavy atom. The van der Waals surface area contributed by atoms with Crippen LogP contribution in [0.2, 0.25) is 0 Å². The molecule has 140 valence electrons. The summed E-state index contributed by atoms with van der Waals surface area (Å²) in [5.74, 6) is -1.62. The molecule has 0 aliphatic carbocycles. The van der Waals surface area contributed by atoms with Gasteiger partial charge >= 0.3 is 11.9 Å². The molecule has 0 radical (unpaired) electrons. The Kier molecular flexibility index (Phi) is 8.16. The predicted octanol–water partition coefficient (Wildman–Crippen LogP) is 3.88. The summed E-state index contributed by atoms with van der Waals surface area (Å²) in [6.45, 7) is 8.02. The molecule has 0 bridgehead atoms. The van der Waals surface area contributed by atoms with E-state index in [4.69, 9.17) is 14.9 Å². The van der Waals surface area contributed by atoms with Gasteiger partial charge < -0.3 is 10.2 Å². The lowest BCUT2D eigenvalue weighted by atomic mass is 9.76. The number of hydrogen-bond donors (Lipinski definition) is 2. The van der Waals surface area contributed by atoms with Crippen LogP contribution in [0.4, 0.5) is 0 Å². The van der Waals surface area contributed by atoms with Crippen LogP contribution in [0.15, 0.2) is 0 Å². The minimum Gasteiger partial charge on any atom is -0.481 e. The first-order chi connectivity index (χ1) is 11.3. The Hall–Kier alpha value is -1.14. The number of carbonyl (C=O) groups is 2. The molecule has 6 nitrogen and oxygen atoms in total. The molecule has 1 rings (SSSR count). The van der Waals surface area contributed by atoms with E-state index in [0.717, 1.165) is 25.7 Å². The topological polar surface area (TPSA) is 93.1 Å². The van der Waals surface area contributed by atoms with Crippen LogP contribution in [0.25, 0.3) is 0 Å². The van der Waals surface area contributed by atoms with Gasteiger partial charge in [0.25, 0.3) is 0 Å². The van der Waals surface area contributed by atoms with Crippen LogP contribution < -0.4 is 0 Å². The number of hydrogen-bond acceptors (Lipinski definition) is 4. The summed E-state index contributed by atoms with van der Waals surface area (Å²) >= 11 is 0. The minimum atomic E-state index is -0.883. The summed E-state index contributed by atoms with van der Waals surface area (Å²) in [6, 6.07) is 0. The fourth-order valence-electron chi connectivity index (χ4n) is 3.78. The first-order valence-corrected chi connectivity index (χ1v) is 9.05. The number of carboxylic acid groups (broad SMARTS) is 2. The zero-order chi connectivity index (χ0) is 18.3. The molecule has 1 heterocycles. The van der Waals surface area contributed by atoms with Gasteiger partial charge in [0.2, 0.25) is 0 Å². The van der Waals surface area contributed by atoms with Crippen LogP contribution in [0, 0.1) is 17.8 Å². The average Bonchev–Trinajstić information content (AvgIpc) is 2.53. The zero-order valence-corrected chi connectivity index (χ0v) is 15.3. The molecule has 1 saturated heterocycles. The molecule has 2 N–H and O–H groups in total. The number of aliphatic carboxylic acids is 2. The van der Waals surface area contributed by atoms with Crippen molar-refractivity contribution in [3.05, 3.63) is 0 Å². The van der Waals surface area contributed by atoms with Gasteiger partial charge in [0.1, 0.15) is 11.7 Å². The second kappa shape index (κ2) is 9.37. The summed E-state index contributed by atoms with van der Waals surface area (Å²) in [5, 5.41) is 18.2. The van der Waals surface area contributed by atoms with E-state index in [-0.39, 0.29) is 24.2 Å². The van der Waals surface area contributed by atoms with E-state index in [9.17, 15) is 14.7 Å². The number of rotatable bonds is 10. The van der Waals surface area contributed by atoms with Crippen molar-refractivity contribution in [3.8, 4) is 0 Å². The van der Waals surface area contributed by atoms with E-state index in [1.165, 1.54) is 0 Å². The van der Waals surface area contributed by atoms with E-state index in [1.807, 2.05) is 20.8 Å². The van der Waals surface area contributed by atoms with Gasteiger partial charge in [-0.2, -0.15) is 0 Å². The maximum Gasteiger partial charge on any atom is 0.306 e. The molecule has 0 aromatic carbocycles. The molecule has 2 unspecified atom stereocenters. The van der Waals surface area contributed by atoms with Crippen LogP contribution in [0.5, 0.6) is 0 Å². The quantitative estimate of drug-likeness (QED) is 0.584. The molecular weight excluding hydrogens is 312 g/mol. The van der Waals surface area contributed by atoms with Crippen molar-refractivity contribution in [2.24, 2.45) is 17.8 Å². The monoisotopic (exact) mass is 344 g/mol. The third-order valence-corrected chi connectivity index (χ3v) is 5.30. The molecule has 6 heteroatoms. The van der Waals surface area contributed by atoms with Gasteiger partial charge in [-0.3, -0.25) is 9.59 Å². The maximum atomic E-state index is 11.2. The fraction of sp³-hybridized carbons (Fsp3) is 0.889. The minimum absolute atomic E-state index is 0.0508. The SMILES string of the molecule is CCC(CC(C)C[C@]1(CC)C[C@H](CC)[C@H](CC(=O)O)OO1)C(=O)O. The van der Waals surface area contributed by atoms with Crippen molar-refractivity contribution in [1.82, 2.24) is 0 Å². The standard InChI is InChI=1S/C18H32O6/c1-5-13(17(21)22)8-12(4)10-18(7-3)11-14(6-2)15(23-24-18)9-16(19)20/h12-15H,5-11H2,1-4H3,(H,19,20)(H,21,22)/t12?,13?,14-,15-,18+/m0/s1. The van der Waals surface area contributed by atoms with Crippen molar-refractivity contribution in [1.29, 1.82) is 0 Å². The van der Waals surface area contributed by atoms with E-state index >= 15 is 0 Å². The Balaban J connectivity index is 2.73. The number of carboxylic acids is 2. The van der Waals surface area contributed by atoms with Crippen molar-refractivity contribution >= 4 is 11.9 Å². The predicted molar refractivity (Wildman–Crippen MR) is 89.4 cm³/mol. The Morgan fingerprint density at radius 2 is 1.92 bits per heavy atom. The lowest BCUT2D eigenvalue weighted by Gasteiger charge is -2.43. The Labute approximate surface area is 144 Å². The Bertz CT molecular complexity index is 424. The first kappa shape index (κ1) is 20.9. The van der Waals surface area contributed by atoms with Crippen LogP contribution in [-0.4, -0.2) is 33.9 Å². The summed E-state index contributed by atoms with van der Waals surface area (Å²) in [4.78, 5) is 33.4. The van der Waals surface area contributed by atoms with Gasteiger partial charge in [0.15, 0.2) is 0 Å². The molecule has 1 fully saturated rings. The largest absolute Gasteiger partial charge is 0.481 e. The summed E-state index contributed by atoms with van der Waals surface area (Å²) in [7, 11) is 0. The summed E-state index contributed by atoms with van der Waals surface area (Å²) in [6.07, 6.45) is 3.85. The molecule has 0 aromatic rings. The lowest BCUT2D eigenvalue weighted by molar-refractivity contribution is -0.424. The highest BCUT2D eigenvalue weighted by atomic mass is 17.2. The highest BCUT2D eigenvalue weighted by molar-refractivity contribution is 5.69. The molecule has 0 saturated carbocycles. The molecule has 0 aromatic heterocycles. The van der Waals surface area contributed by atoms with Crippen molar-refractivity contribution < 1.29 is 29.6 Å². The molecule has 0 spiro atoms. The van der Waals surface area contributed by atoms with Crippen LogP contribution in [-0.2, 0) is 19.4 Å². The molecule has 0 amide bonds. The second-order valence-corrected chi connectivity index (χ2v) is 7.21. The average molecular weight is 344 g/mol. The van der Waals surface area contributed by atoms with E-state index in [0.29, 0.717) is 12.8 Å². The Morgan fingerprint density at radius 1 is 1.25 bits per heavy atom. The maximum absolute atomic E-state index is 11.2.